The molecule has 2 aromatic rings. The number of fused-ring (bicyclic) bond motifs is 1. The molecule has 1 atom stereocenters. The average Bonchev–Trinajstić information content (AvgIpc) is 3.19. The number of hydrogen-bond acceptors (Lipinski definition) is 2. The molecule has 4 rings (SSSR count). The number of benzene rings is 1. The molecule has 0 saturated carbocycles. The summed E-state index contributed by atoms with van der Waals surface area (Å²) in [5.74, 6) is 1.78. The molecule has 1 aliphatic heterocycles. The van der Waals surface area contributed by atoms with Crippen LogP contribution in [-0.4, -0.2) is 11.5 Å². The van der Waals surface area contributed by atoms with E-state index in [0.717, 1.165) is 19.4 Å². The van der Waals surface area contributed by atoms with Crippen molar-refractivity contribution in [3.05, 3.63) is 71.1 Å². The van der Waals surface area contributed by atoms with Crippen LogP contribution >= 0.6 is 0 Å². The molecule has 2 heteroatoms. The van der Waals surface area contributed by atoms with Crippen molar-refractivity contribution in [3.63, 3.8) is 0 Å². The summed E-state index contributed by atoms with van der Waals surface area (Å²) < 4.78 is 0. The third-order valence-corrected chi connectivity index (χ3v) is 5.10. The molecule has 0 spiro atoms. The first-order valence-electron chi connectivity index (χ1n) is 8.36. The van der Waals surface area contributed by atoms with Gasteiger partial charge in [-0.05, 0) is 48.4 Å². The predicted octanol–water partition coefficient (Wildman–Crippen LogP) is 4.69. The summed E-state index contributed by atoms with van der Waals surface area (Å²) in [6, 6.07) is 15.3. The second-order valence-corrected chi connectivity index (χ2v) is 6.22. The molecular weight excluding hydrogens is 268 g/mol. The molecule has 0 amide bonds. The summed E-state index contributed by atoms with van der Waals surface area (Å²) in [4.78, 5) is 7.13. The molecule has 0 saturated heterocycles. The zero-order valence-corrected chi connectivity index (χ0v) is 13.1. The first kappa shape index (κ1) is 13.6. The van der Waals surface area contributed by atoms with E-state index in [1.165, 1.54) is 35.5 Å². The van der Waals surface area contributed by atoms with Gasteiger partial charge in [-0.2, -0.15) is 0 Å². The molecule has 112 valence electrons. The topological polar surface area (TPSA) is 16.1 Å². The molecular formula is C20H22N2. The third-order valence-electron chi connectivity index (χ3n) is 5.10. The van der Waals surface area contributed by atoms with E-state index in [9.17, 15) is 0 Å². The Morgan fingerprint density at radius 1 is 1.09 bits per heavy atom. The SMILES string of the molecule is CCC1=C(N2CCc3cccnc32)CCC1c1ccccc1. The van der Waals surface area contributed by atoms with Crippen LogP contribution in [0.25, 0.3) is 0 Å². The van der Waals surface area contributed by atoms with Gasteiger partial charge in [0.25, 0.3) is 0 Å². The number of aromatic nitrogens is 1. The minimum absolute atomic E-state index is 0.592. The smallest absolute Gasteiger partial charge is 0.135 e. The van der Waals surface area contributed by atoms with Gasteiger partial charge in [0.05, 0.1) is 0 Å². The van der Waals surface area contributed by atoms with Crippen LogP contribution < -0.4 is 4.90 Å². The Morgan fingerprint density at radius 3 is 2.77 bits per heavy atom. The Morgan fingerprint density at radius 2 is 1.95 bits per heavy atom. The van der Waals surface area contributed by atoms with Gasteiger partial charge < -0.3 is 4.90 Å². The van der Waals surface area contributed by atoms with Gasteiger partial charge in [-0.3, -0.25) is 0 Å². The molecule has 1 unspecified atom stereocenters. The lowest BCUT2D eigenvalue weighted by Gasteiger charge is -2.22. The lowest BCUT2D eigenvalue weighted by Crippen LogP contribution is -2.20. The van der Waals surface area contributed by atoms with Crippen molar-refractivity contribution < 1.29 is 0 Å². The highest BCUT2D eigenvalue weighted by Crippen LogP contribution is 2.44. The Kier molecular flexibility index (Phi) is 3.45. The highest BCUT2D eigenvalue weighted by Gasteiger charge is 2.32. The molecule has 1 aromatic heterocycles. The first-order chi connectivity index (χ1) is 10.9. The standard InChI is InChI=1S/C20H22N2/c1-2-17-18(15-7-4-3-5-8-15)10-11-19(17)22-14-12-16-9-6-13-21-20(16)22/h3-9,13,18H,2,10-12,14H2,1H3. The predicted molar refractivity (Wildman–Crippen MR) is 91.0 cm³/mol. The second-order valence-electron chi connectivity index (χ2n) is 6.22. The lowest BCUT2D eigenvalue weighted by atomic mass is 9.91. The number of rotatable bonds is 3. The van der Waals surface area contributed by atoms with E-state index < -0.39 is 0 Å². The van der Waals surface area contributed by atoms with E-state index in [1.54, 1.807) is 5.57 Å². The van der Waals surface area contributed by atoms with Gasteiger partial charge >= 0.3 is 0 Å². The fourth-order valence-electron chi connectivity index (χ4n) is 4.10. The van der Waals surface area contributed by atoms with E-state index in [2.05, 4.69) is 59.3 Å². The highest BCUT2D eigenvalue weighted by molar-refractivity contribution is 5.59. The quantitative estimate of drug-likeness (QED) is 0.815. The minimum atomic E-state index is 0.592. The number of hydrogen-bond donors (Lipinski definition) is 0. The van der Waals surface area contributed by atoms with Crippen LogP contribution in [0.5, 0.6) is 0 Å². The van der Waals surface area contributed by atoms with Crippen molar-refractivity contribution in [2.75, 3.05) is 11.4 Å². The lowest BCUT2D eigenvalue weighted by molar-refractivity contribution is 0.746. The summed E-state index contributed by atoms with van der Waals surface area (Å²) in [6.45, 7) is 3.39. The summed E-state index contributed by atoms with van der Waals surface area (Å²) in [7, 11) is 0. The zero-order valence-electron chi connectivity index (χ0n) is 13.1. The zero-order chi connectivity index (χ0) is 14.9. The van der Waals surface area contributed by atoms with Gasteiger partial charge in [0.2, 0.25) is 0 Å². The minimum Gasteiger partial charge on any atom is -0.330 e. The summed E-state index contributed by atoms with van der Waals surface area (Å²) in [5, 5.41) is 0. The van der Waals surface area contributed by atoms with E-state index in [1.807, 2.05) is 6.20 Å². The summed E-state index contributed by atoms with van der Waals surface area (Å²) >= 11 is 0. The molecule has 2 heterocycles. The molecule has 0 fully saturated rings. The van der Waals surface area contributed by atoms with E-state index in [4.69, 9.17) is 0 Å². The van der Waals surface area contributed by atoms with Gasteiger partial charge in [0.1, 0.15) is 5.82 Å². The first-order valence-corrected chi connectivity index (χ1v) is 8.36. The number of pyridine rings is 1. The Bertz CT molecular complexity index is 703. The molecule has 0 N–H and O–H groups in total. The monoisotopic (exact) mass is 290 g/mol. The van der Waals surface area contributed by atoms with Crippen molar-refractivity contribution in [2.24, 2.45) is 0 Å². The maximum absolute atomic E-state index is 4.64. The van der Waals surface area contributed by atoms with E-state index in [-0.39, 0.29) is 0 Å². The highest BCUT2D eigenvalue weighted by atomic mass is 15.2. The van der Waals surface area contributed by atoms with Crippen LogP contribution in [0, 0.1) is 0 Å². The van der Waals surface area contributed by atoms with Crippen LogP contribution in [0.2, 0.25) is 0 Å². The number of allylic oxidation sites excluding steroid dienone is 2. The Balaban J connectivity index is 1.72. The van der Waals surface area contributed by atoms with Crippen molar-refractivity contribution in [3.8, 4) is 0 Å². The fourth-order valence-corrected chi connectivity index (χ4v) is 4.10. The van der Waals surface area contributed by atoms with E-state index >= 15 is 0 Å². The van der Waals surface area contributed by atoms with Crippen LogP contribution in [0.1, 0.15) is 43.2 Å². The number of nitrogens with zero attached hydrogens (tertiary/aromatic N) is 2. The third kappa shape index (κ3) is 2.14. The molecule has 2 aliphatic rings. The van der Waals surface area contributed by atoms with Crippen LogP contribution in [0.3, 0.4) is 0 Å². The van der Waals surface area contributed by atoms with Gasteiger partial charge in [0.15, 0.2) is 0 Å². The Labute approximate surface area is 132 Å². The van der Waals surface area contributed by atoms with Gasteiger partial charge in [-0.25, -0.2) is 4.98 Å². The fraction of sp³-hybridized carbons (Fsp3) is 0.350. The maximum atomic E-state index is 4.64. The molecule has 22 heavy (non-hydrogen) atoms. The summed E-state index contributed by atoms with van der Waals surface area (Å²) in [6.07, 6.45) is 6.60. The van der Waals surface area contributed by atoms with Crippen LogP contribution in [0.15, 0.2) is 59.9 Å². The van der Waals surface area contributed by atoms with Gasteiger partial charge in [-0.1, -0.05) is 43.3 Å². The molecule has 0 bridgehead atoms. The van der Waals surface area contributed by atoms with Crippen molar-refractivity contribution in [1.82, 2.24) is 4.98 Å². The molecule has 2 nitrogen and oxygen atoms in total. The van der Waals surface area contributed by atoms with Gasteiger partial charge in [0, 0.05) is 24.4 Å². The Hall–Kier alpha value is -2.09. The normalized spacial score (nSPS) is 20.6. The molecule has 1 aromatic carbocycles. The second kappa shape index (κ2) is 5.60. The van der Waals surface area contributed by atoms with Gasteiger partial charge in [-0.15, -0.1) is 0 Å². The van der Waals surface area contributed by atoms with Crippen molar-refractivity contribution in [1.29, 1.82) is 0 Å². The van der Waals surface area contributed by atoms with Crippen molar-refractivity contribution in [2.45, 2.75) is 38.5 Å². The van der Waals surface area contributed by atoms with Crippen LogP contribution in [0.4, 0.5) is 5.82 Å². The number of anilines is 1. The van der Waals surface area contributed by atoms with E-state index in [0.29, 0.717) is 5.92 Å². The molecule has 0 radical (unpaired) electrons. The molecule has 1 aliphatic carbocycles. The van der Waals surface area contributed by atoms with Crippen molar-refractivity contribution >= 4 is 5.82 Å². The maximum Gasteiger partial charge on any atom is 0.135 e. The van der Waals surface area contributed by atoms with Crippen LogP contribution in [-0.2, 0) is 6.42 Å². The summed E-state index contributed by atoms with van der Waals surface area (Å²) in [5.41, 5.74) is 6.02. The average molecular weight is 290 g/mol. The largest absolute Gasteiger partial charge is 0.330 e.